The van der Waals surface area contributed by atoms with Gasteiger partial charge >= 0.3 is 5.97 Å². The lowest BCUT2D eigenvalue weighted by Gasteiger charge is -2.32. The van der Waals surface area contributed by atoms with Gasteiger partial charge in [0, 0.05) is 6.04 Å². The van der Waals surface area contributed by atoms with Crippen LogP contribution < -0.4 is 4.72 Å². The summed E-state index contributed by atoms with van der Waals surface area (Å²) in [6.07, 6.45) is 2.71. The first-order chi connectivity index (χ1) is 9.79. The molecule has 21 heavy (non-hydrogen) atoms. The molecule has 0 bridgehead atoms. The lowest BCUT2D eigenvalue weighted by Crippen LogP contribution is -2.39. The highest BCUT2D eigenvalue weighted by Gasteiger charge is 2.28. The fraction of sp³-hybridized carbons (Fsp3) is 0.533. The van der Waals surface area contributed by atoms with E-state index < -0.39 is 16.0 Å². The van der Waals surface area contributed by atoms with Crippen LogP contribution in [0.25, 0.3) is 0 Å². The van der Waals surface area contributed by atoms with Crippen LogP contribution in [-0.4, -0.2) is 25.5 Å². The zero-order valence-corrected chi connectivity index (χ0v) is 13.1. The molecule has 0 aromatic heterocycles. The Bertz CT molecular complexity index is 609. The molecule has 6 heteroatoms. The minimum Gasteiger partial charge on any atom is -0.478 e. The maximum atomic E-state index is 12.3. The molecule has 1 aliphatic rings. The first-order valence-electron chi connectivity index (χ1n) is 7.15. The molecule has 116 valence electrons. The van der Waals surface area contributed by atoms with Crippen molar-refractivity contribution in [2.45, 2.75) is 44.0 Å². The van der Waals surface area contributed by atoms with Crippen molar-refractivity contribution in [2.24, 2.45) is 11.8 Å². The van der Waals surface area contributed by atoms with Gasteiger partial charge in [-0.05, 0) is 55.4 Å². The maximum Gasteiger partial charge on any atom is 0.335 e. The number of rotatable bonds is 4. The van der Waals surface area contributed by atoms with Gasteiger partial charge in [0.15, 0.2) is 0 Å². The van der Waals surface area contributed by atoms with E-state index in [4.69, 9.17) is 5.11 Å². The van der Waals surface area contributed by atoms with Gasteiger partial charge in [-0.15, -0.1) is 0 Å². The fourth-order valence-electron chi connectivity index (χ4n) is 2.72. The van der Waals surface area contributed by atoms with E-state index in [9.17, 15) is 13.2 Å². The topological polar surface area (TPSA) is 83.5 Å². The maximum absolute atomic E-state index is 12.3. The number of hydrogen-bond acceptors (Lipinski definition) is 3. The quantitative estimate of drug-likeness (QED) is 0.895. The molecule has 2 N–H and O–H groups in total. The Hall–Kier alpha value is -1.40. The predicted octanol–water partition coefficient (Wildman–Crippen LogP) is 2.49. The van der Waals surface area contributed by atoms with Gasteiger partial charge in [-0.2, -0.15) is 0 Å². The Morgan fingerprint density at radius 1 is 1.14 bits per heavy atom. The molecule has 5 nitrogen and oxygen atoms in total. The van der Waals surface area contributed by atoms with Crippen LogP contribution in [-0.2, 0) is 10.0 Å². The molecule has 2 rings (SSSR count). The number of aromatic carboxylic acids is 1. The number of hydrogen-bond donors (Lipinski definition) is 2. The number of nitrogens with one attached hydrogen (secondary N) is 1. The summed E-state index contributed by atoms with van der Waals surface area (Å²) in [6.45, 7) is 4.34. The van der Waals surface area contributed by atoms with Crippen molar-refractivity contribution in [3.63, 3.8) is 0 Å². The average molecular weight is 311 g/mol. The van der Waals surface area contributed by atoms with Crippen LogP contribution >= 0.6 is 0 Å². The van der Waals surface area contributed by atoms with Gasteiger partial charge in [-0.1, -0.05) is 13.8 Å². The molecule has 3 unspecified atom stereocenters. The van der Waals surface area contributed by atoms with Crippen LogP contribution in [0.4, 0.5) is 0 Å². The molecule has 1 aromatic carbocycles. The molecule has 3 atom stereocenters. The summed E-state index contributed by atoms with van der Waals surface area (Å²) in [7, 11) is -3.59. The van der Waals surface area contributed by atoms with Crippen molar-refractivity contribution in [1.29, 1.82) is 0 Å². The van der Waals surface area contributed by atoms with E-state index in [-0.39, 0.29) is 16.5 Å². The minimum atomic E-state index is -3.59. The second-order valence-electron chi connectivity index (χ2n) is 5.92. The number of carboxylic acids is 1. The lowest BCUT2D eigenvalue weighted by molar-refractivity contribution is 0.0696. The van der Waals surface area contributed by atoms with Gasteiger partial charge in [-0.3, -0.25) is 0 Å². The van der Waals surface area contributed by atoms with Gasteiger partial charge in [0.05, 0.1) is 10.5 Å². The fourth-order valence-corrected chi connectivity index (χ4v) is 4.00. The monoisotopic (exact) mass is 311 g/mol. The molecule has 0 radical (unpaired) electrons. The SMILES string of the molecule is CC1CCC(NS(=O)(=O)c2ccc(C(=O)O)cc2)CC1C. The molecule has 0 saturated heterocycles. The molecule has 0 amide bonds. The third-order valence-corrected chi connectivity index (χ3v) is 5.87. The smallest absolute Gasteiger partial charge is 0.335 e. The van der Waals surface area contributed by atoms with E-state index in [1.165, 1.54) is 24.3 Å². The zero-order chi connectivity index (χ0) is 15.6. The molecule has 0 aliphatic heterocycles. The predicted molar refractivity (Wildman–Crippen MR) is 79.7 cm³/mol. The van der Waals surface area contributed by atoms with Crippen molar-refractivity contribution in [1.82, 2.24) is 4.72 Å². The summed E-state index contributed by atoms with van der Waals surface area (Å²) >= 11 is 0. The second kappa shape index (κ2) is 6.15. The van der Waals surface area contributed by atoms with E-state index in [1.54, 1.807) is 0 Å². The standard InChI is InChI=1S/C15H21NO4S/c1-10-3-6-13(9-11(10)2)16-21(19,20)14-7-4-12(5-8-14)15(17)18/h4-5,7-8,10-11,13,16H,3,6,9H2,1-2H3,(H,17,18). The highest BCUT2D eigenvalue weighted by atomic mass is 32.2. The Balaban J connectivity index is 2.09. The Kier molecular flexibility index (Phi) is 4.68. The van der Waals surface area contributed by atoms with Gasteiger partial charge in [0.25, 0.3) is 0 Å². The van der Waals surface area contributed by atoms with Crippen LogP contribution in [0.15, 0.2) is 29.2 Å². The molecule has 1 saturated carbocycles. The zero-order valence-electron chi connectivity index (χ0n) is 12.2. The van der Waals surface area contributed by atoms with Crippen LogP contribution in [0, 0.1) is 11.8 Å². The molecular weight excluding hydrogens is 290 g/mol. The summed E-state index contributed by atoms with van der Waals surface area (Å²) < 4.78 is 27.4. The first kappa shape index (κ1) is 16.0. The Morgan fingerprint density at radius 3 is 2.29 bits per heavy atom. The highest BCUT2D eigenvalue weighted by molar-refractivity contribution is 7.89. The van der Waals surface area contributed by atoms with Gasteiger partial charge in [0.1, 0.15) is 0 Å². The second-order valence-corrected chi connectivity index (χ2v) is 7.63. The van der Waals surface area contributed by atoms with Crippen LogP contribution in [0.2, 0.25) is 0 Å². The van der Waals surface area contributed by atoms with Gasteiger partial charge in [0.2, 0.25) is 10.0 Å². The van der Waals surface area contributed by atoms with Crippen molar-refractivity contribution in [3.05, 3.63) is 29.8 Å². The normalized spacial score (nSPS) is 26.5. The van der Waals surface area contributed by atoms with E-state index in [1.807, 2.05) is 0 Å². The third-order valence-electron chi connectivity index (χ3n) is 4.33. The summed E-state index contributed by atoms with van der Waals surface area (Å²) in [5, 5.41) is 8.83. The van der Waals surface area contributed by atoms with Crippen LogP contribution in [0.1, 0.15) is 43.5 Å². The first-order valence-corrected chi connectivity index (χ1v) is 8.63. The van der Waals surface area contributed by atoms with E-state index in [2.05, 4.69) is 18.6 Å². The van der Waals surface area contributed by atoms with Crippen molar-refractivity contribution in [3.8, 4) is 0 Å². The largest absolute Gasteiger partial charge is 0.478 e. The third kappa shape index (κ3) is 3.83. The summed E-state index contributed by atoms with van der Waals surface area (Å²) in [4.78, 5) is 10.9. The molecular formula is C15H21NO4S. The van der Waals surface area contributed by atoms with E-state index >= 15 is 0 Å². The summed E-state index contributed by atoms with van der Waals surface area (Å²) in [5.41, 5.74) is 0.0778. The summed E-state index contributed by atoms with van der Waals surface area (Å²) in [5.74, 6) is 0.0587. The average Bonchev–Trinajstić information content (AvgIpc) is 2.43. The van der Waals surface area contributed by atoms with Crippen LogP contribution in [0.3, 0.4) is 0 Å². The summed E-state index contributed by atoms with van der Waals surface area (Å²) in [6, 6.07) is 5.24. The molecule has 0 heterocycles. The molecule has 1 aliphatic carbocycles. The number of carbonyl (C=O) groups is 1. The Labute approximate surface area is 125 Å². The molecule has 0 spiro atoms. The number of carboxylic acid groups (broad SMARTS) is 1. The van der Waals surface area contributed by atoms with E-state index in [0.717, 1.165) is 19.3 Å². The van der Waals surface area contributed by atoms with E-state index in [0.29, 0.717) is 11.8 Å². The Morgan fingerprint density at radius 2 is 1.76 bits per heavy atom. The number of benzene rings is 1. The molecule has 1 fully saturated rings. The molecule has 1 aromatic rings. The lowest BCUT2D eigenvalue weighted by atomic mass is 9.79. The van der Waals surface area contributed by atoms with Gasteiger partial charge < -0.3 is 5.11 Å². The van der Waals surface area contributed by atoms with Gasteiger partial charge in [-0.25, -0.2) is 17.9 Å². The highest BCUT2D eigenvalue weighted by Crippen LogP contribution is 2.30. The number of sulfonamides is 1. The van der Waals surface area contributed by atoms with Crippen molar-refractivity contribution >= 4 is 16.0 Å². The van der Waals surface area contributed by atoms with Crippen molar-refractivity contribution in [2.75, 3.05) is 0 Å². The minimum absolute atomic E-state index is 0.0413. The van der Waals surface area contributed by atoms with Crippen molar-refractivity contribution < 1.29 is 18.3 Å². The van der Waals surface area contributed by atoms with Crippen LogP contribution in [0.5, 0.6) is 0 Å².